The summed E-state index contributed by atoms with van der Waals surface area (Å²) in [5.41, 5.74) is 3.44. The molecule has 1 N–H and O–H groups in total. The molecular formula is C18H14N4O2. The van der Waals surface area contributed by atoms with Crippen LogP contribution in [0, 0.1) is 11.3 Å². The van der Waals surface area contributed by atoms with Gasteiger partial charge in [0.15, 0.2) is 5.65 Å². The summed E-state index contributed by atoms with van der Waals surface area (Å²) >= 11 is 0. The molecule has 4 rings (SSSR count). The van der Waals surface area contributed by atoms with Crippen LogP contribution in [0.15, 0.2) is 47.4 Å². The number of benzene rings is 1. The zero-order valence-corrected chi connectivity index (χ0v) is 12.8. The molecule has 6 heteroatoms. The summed E-state index contributed by atoms with van der Waals surface area (Å²) in [6, 6.07) is 12.9. The van der Waals surface area contributed by atoms with Crippen LogP contribution in [0.2, 0.25) is 0 Å². The second-order valence-electron chi connectivity index (χ2n) is 5.82. The van der Waals surface area contributed by atoms with Gasteiger partial charge in [0, 0.05) is 30.7 Å². The maximum absolute atomic E-state index is 12.0. The first-order valence-electron chi connectivity index (χ1n) is 7.64. The molecule has 0 aliphatic carbocycles. The molecule has 0 unspecified atom stereocenters. The van der Waals surface area contributed by atoms with E-state index in [0.717, 1.165) is 29.6 Å². The average molecular weight is 318 g/mol. The highest BCUT2D eigenvalue weighted by Crippen LogP contribution is 2.29. The van der Waals surface area contributed by atoms with Gasteiger partial charge in [-0.25, -0.2) is 4.98 Å². The first-order chi connectivity index (χ1) is 11.7. The van der Waals surface area contributed by atoms with Crippen LogP contribution in [-0.2, 0) is 13.0 Å². The Morgan fingerprint density at radius 3 is 2.92 bits per heavy atom. The van der Waals surface area contributed by atoms with E-state index in [0.29, 0.717) is 16.8 Å². The first-order valence-corrected chi connectivity index (χ1v) is 7.64. The van der Waals surface area contributed by atoms with E-state index in [9.17, 15) is 10.0 Å². The Bertz CT molecular complexity index is 1050. The van der Waals surface area contributed by atoms with Crippen molar-refractivity contribution in [1.82, 2.24) is 9.71 Å². The standard InChI is InChI=1S/C18H14N4O2/c19-10-12-3-4-13-5-7-21(11-14(13)8-12)16-9-17(23)22(24)18-15(16)2-1-6-20-18/h1-4,6,8-9,24H,5,7,11H2. The third kappa shape index (κ3) is 2.18. The van der Waals surface area contributed by atoms with Gasteiger partial charge in [0.25, 0.3) is 5.56 Å². The van der Waals surface area contributed by atoms with E-state index in [1.807, 2.05) is 24.3 Å². The molecule has 3 aromatic rings. The average Bonchev–Trinajstić information content (AvgIpc) is 2.63. The lowest BCUT2D eigenvalue weighted by Gasteiger charge is -2.31. The molecule has 1 aliphatic rings. The van der Waals surface area contributed by atoms with Crippen molar-refractivity contribution in [1.29, 1.82) is 5.26 Å². The number of hydrogen-bond acceptors (Lipinski definition) is 5. The quantitative estimate of drug-likeness (QED) is 0.695. The molecule has 0 fully saturated rings. The number of rotatable bonds is 1. The molecule has 0 saturated heterocycles. The van der Waals surface area contributed by atoms with Crippen molar-refractivity contribution in [2.24, 2.45) is 0 Å². The molecule has 3 heterocycles. The van der Waals surface area contributed by atoms with Gasteiger partial charge in [-0.1, -0.05) is 6.07 Å². The second-order valence-corrected chi connectivity index (χ2v) is 5.82. The second kappa shape index (κ2) is 5.39. The lowest BCUT2D eigenvalue weighted by Crippen LogP contribution is -2.32. The zero-order chi connectivity index (χ0) is 16.7. The smallest absolute Gasteiger partial charge is 0.286 e. The minimum atomic E-state index is -0.507. The van der Waals surface area contributed by atoms with Gasteiger partial charge in [-0.2, -0.15) is 5.26 Å². The van der Waals surface area contributed by atoms with Crippen molar-refractivity contribution in [3.05, 3.63) is 69.6 Å². The monoisotopic (exact) mass is 318 g/mol. The molecule has 0 saturated carbocycles. The Hall–Kier alpha value is -3.33. The molecule has 24 heavy (non-hydrogen) atoms. The number of pyridine rings is 2. The number of hydrogen-bond donors (Lipinski definition) is 1. The van der Waals surface area contributed by atoms with Crippen LogP contribution in [0.1, 0.15) is 16.7 Å². The predicted octanol–water partition coefficient (Wildman–Crippen LogP) is 2.07. The van der Waals surface area contributed by atoms with Crippen molar-refractivity contribution in [2.45, 2.75) is 13.0 Å². The maximum Gasteiger partial charge on any atom is 0.286 e. The normalized spacial score (nSPS) is 13.5. The molecule has 118 valence electrons. The Morgan fingerprint density at radius 1 is 1.21 bits per heavy atom. The third-order valence-corrected chi connectivity index (χ3v) is 4.42. The van der Waals surface area contributed by atoms with E-state index in [2.05, 4.69) is 16.0 Å². The van der Waals surface area contributed by atoms with Crippen LogP contribution < -0.4 is 10.5 Å². The fourth-order valence-electron chi connectivity index (χ4n) is 3.22. The zero-order valence-electron chi connectivity index (χ0n) is 12.8. The fraction of sp³-hybridized carbons (Fsp3) is 0.167. The van der Waals surface area contributed by atoms with Gasteiger partial charge in [0.05, 0.1) is 17.3 Å². The Kier molecular flexibility index (Phi) is 3.21. The number of nitriles is 1. The van der Waals surface area contributed by atoms with Crippen molar-refractivity contribution in [2.75, 3.05) is 11.4 Å². The minimum Gasteiger partial charge on any atom is -0.423 e. The summed E-state index contributed by atoms with van der Waals surface area (Å²) in [6.45, 7) is 1.38. The lowest BCUT2D eigenvalue weighted by molar-refractivity contribution is 0.186. The summed E-state index contributed by atoms with van der Waals surface area (Å²) in [5, 5.41) is 19.7. The summed E-state index contributed by atoms with van der Waals surface area (Å²) in [5.74, 6) is 0. The van der Waals surface area contributed by atoms with Gasteiger partial charge in [-0.3, -0.25) is 4.79 Å². The van der Waals surface area contributed by atoms with Crippen molar-refractivity contribution >= 4 is 16.7 Å². The fourth-order valence-corrected chi connectivity index (χ4v) is 3.22. The minimum absolute atomic E-state index is 0.247. The highest BCUT2D eigenvalue weighted by atomic mass is 16.5. The predicted molar refractivity (Wildman–Crippen MR) is 89.1 cm³/mol. The first kappa shape index (κ1) is 14.3. The van der Waals surface area contributed by atoms with Crippen LogP contribution in [-0.4, -0.2) is 21.5 Å². The SMILES string of the molecule is N#Cc1ccc2c(c1)CN(c1cc(=O)n(O)c3ncccc13)CC2. The van der Waals surface area contributed by atoms with E-state index >= 15 is 0 Å². The van der Waals surface area contributed by atoms with Gasteiger partial charge < -0.3 is 10.1 Å². The van der Waals surface area contributed by atoms with Crippen LogP contribution in [0.3, 0.4) is 0 Å². The summed E-state index contributed by atoms with van der Waals surface area (Å²) < 4.78 is 0.574. The third-order valence-electron chi connectivity index (χ3n) is 4.42. The van der Waals surface area contributed by atoms with Gasteiger partial charge in [-0.05, 0) is 41.8 Å². The number of nitrogens with zero attached hydrogens (tertiary/aromatic N) is 4. The highest BCUT2D eigenvalue weighted by Gasteiger charge is 2.20. The number of anilines is 1. The van der Waals surface area contributed by atoms with Gasteiger partial charge in [0.2, 0.25) is 0 Å². The van der Waals surface area contributed by atoms with E-state index in [1.165, 1.54) is 11.6 Å². The molecule has 0 radical (unpaired) electrons. The molecule has 0 atom stereocenters. The molecule has 1 aromatic carbocycles. The van der Waals surface area contributed by atoms with Crippen LogP contribution in [0.25, 0.3) is 11.0 Å². The van der Waals surface area contributed by atoms with Crippen molar-refractivity contribution < 1.29 is 5.21 Å². The number of aromatic nitrogens is 2. The summed E-state index contributed by atoms with van der Waals surface area (Å²) in [6.07, 6.45) is 2.38. The maximum atomic E-state index is 12.0. The largest absolute Gasteiger partial charge is 0.423 e. The van der Waals surface area contributed by atoms with Crippen molar-refractivity contribution in [3.63, 3.8) is 0 Å². The molecule has 0 spiro atoms. The molecule has 0 amide bonds. The molecule has 6 nitrogen and oxygen atoms in total. The van der Waals surface area contributed by atoms with Gasteiger partial charge in [-0.15, -0.1) is 4.73 Å². The van der Waals surface area contributed by atoms with Crippen LogP contribution in [0.5, 0.6) is 0 Å². The molecule has 2 aromatic heterocycles. The topological polar surface area (TPSA) is 82.2 Å². The van der Waals surface area contributed by atoms with Crippen molar-refractivity contribution in [3.8, 4) is 6.07 Å². The highest BCUT2D eigenvalue weighted by molar-refractivity contribution is 5.89. The van der Waals surface area contributed by atoms with E-state index in [4.69, 9.17) is 5.26 Å². The summed E-state index contributed by atoms with van der Waals surface area (Å²) in [7, 11) is 0. The Morgan fingerprint density at radius 2 is 2.08 bits per heavy atom. The van der Waals surface area contributed by atoms with E-state index in [1.54, 1.807) is 12.3 Å². The number of fused-ring (bicyclic) bond motifs is 2. The Labute approximate surface area is 137 Å². The lowest BCUT2D eigenvalue weighted by atomic mass is 9.97. The molecule has 1 aliphatic heterocycles. The Balaban J connectivity index is 1.83. The van der Waals surface area contributed by atoms with E-state index < -0.39 is 5.56 Å². The van der Waals surface area contributed by atoms with Crippen LogP contribution >= 0.6 is 0 Å². The van der Waals surface area contributed by atoms with Crippen LogP contribution in [0.4, 0.5) is 5.69 Å². The van der Waals surface area contributed by atoms with Gasteiger partial charge in [0.1, 0.15) is 0 Å². The van der Waals surface area contributed by atoms with E-state index in [-0.39, 0.29) is 5.65 Å². The molecule has 0 bridgehead atoms. The summed E-state index contributed by atoms with van der Waals surface area (Å²) in [4.78, 5) is 18.2. The van der Waals surface area contributed by atoms with Gasteiger partial charge >= 0.3 is 0 Å². The molecular weight excluding hydrogens is 304 g/mol.